The molecule has 1 fully saturated rings. The summed E-state index contributed by atoms with van der Waals surface area (Å²) in [6.07, 6.45) is -2.92. The number of rotatable bonds is 6. The first-order valence-electron chi connectivity index (χ1n) is 10.6. The molecule has 0 saturated carbocycles. The third-order valence-electron chi connectivity index (χ3n) is 5.21. The molecule has 3 heterocycles. The predicted octanol–water partition coefficient (Wildman–Crippen LogP) is -0.695. The minimum atomic E-state index is -1.41. The van der Waals surface area contributed by atoms with Crippen molar-refractivity contribution in [3.63, 3.8) is 0 Å². The predicted molar refractivity (Wildman–Crippen MR) is 119 cm³/mol. The van der Waals surface area contributed by atoms with Crippen molar-refractivity contribution in [3.05, 3.63) is 48.0 Å². The largest absolute Gasteiger partial charge is 0.387 e. The molecule has 1 saturated heterocycles. The van der Waals surface area contributed by atoms with Gasteiger partial charge < -0.3 is 31.3 Å². The average molecular weight is 451 g/mol. The van der Waals surface area contributed by atoms with Gasteiger partial charge in [-0.2, -0.15) is 0 Å². The number of nitrogens with two attached hydrogens (primary N) is 1. The maximum absolute atomic E-state index is 12.1. The van der Waals surface area contributed by atoms with Gasteiger partial charge in [-0.15, -0.1) is 0 Å². The number of hydrogen-bond donors (Lipinski definition) is 5. The highest BCUT2D eigenvalue weighted by Gasteiger charge is 2.47. The van der Waals surface area contributed by atoms with Gasteiger partial charge in [0.2, 0.25) is 5.82 Å². The van der Waals surface area contributed by atoms with Crippen LogP contribution in [0.15, 0.2) is 36.7 Å². The van der Waals surface area contributed by atoms with Gasteiger partial charge in [0.15, 0.2) is 23.8 Å². The quantitative estimate of drug-likeness (QED) is 0.186. The van der Waals surface area contributed by atoms with Gasteiger partial charge in [-0.05, 0) is 24.8 Å². The number of ether oxygens (including phenoxy) is 1. The number of carbonyl (C=O) groups excluding carboxylic acids is 1. The second kappa shape index (κ2) is 9.83. The summed E-state index contributed by atoms with van der Waals surface area (Å²) in [4.78, 5) is 24.9. The van der Waals surface area contributed by atoms with Crippen LogP contribution in [0.1, 0.15) is 24.5 Å². The van der Waals surface area contributed by atoms with Crippen LogP contribution in [0.3, 0.4) is 0 Å². The molecular weight excluding hydrogens is 426 g/mol. The lowest BCUT2D eigenvalue weighted by atomic mass is 10.1. The fourth-order valence-corrected chi connectivity index (χ4v) is 3.58. The van der Waals surface area contributed by atoms with Crippen molar-refractivity contribution in [1.29, 1.82) is 0 Å². The first kappa shape index (κ1) is 22.5. The Hall–Kier alpha value is -3.72. The lowest BCUT2D eigenvalue weighted by Gasteiger charge is -2.16. The molecule has 0 radical (unpaired) electrons. The summed E-state index contributed by atoms with van der Waals surface area (Å²) < 4.78 is 7.06. The van der Waals surface area contributed by atoms with E-state index in [9.17, 15) is 15.0 Å². The molecule has 3 aromatic rings. The van der Waals surface area contributed by atoms with E-state index in [0.29, 0.717) is 18.6 Å². The van der Waals surface area contributed by atoms with Crippen LogP contribution in [-0.2, 0) is 16.0 Å². The number of aliphatic hydroxyl groups excluding tert-OH is 2. The molecule has 0 spiro atoms. The zero-order valence-electron chi connectivity index (χ0n) is 18.0. The molecule has 11 heteroatoms. The van der Waals surface area contributed by atoms with Crippen LogP contribution in [-0.4, -0.2) is 67.0 Å². The molecule has 172 valence electrons. The molecule has 11 nitrogen and oxygen atoms in total. The van der Waals surface area contributed by atoms with Crippen molar-refractivity contribution in [2.75, 3.05) is 18.8 Å². The molecule has 0 bridgehead atoms. The smallest absolute Gasteiger partial charge is 0.252 e. The molecule has 1 unspecified atom stereocenters. The molecule has 0 aliphatic carbocycles. The fourth-order valence-electron chi connectivity index (χ4n) is 3.58. The van der Waals surface area contributed by atoms with Crippen molar-refractivity contribution >= 4 is 22.9 Å². The minimum Gasteiger partial charge on any atom is -0.387 e. The highest BCUT2D eigenvalue weighted by molar-refractivity contribution is 5.83. The first-order chi connectivity index (χ1) is 16.0. The van der Waals surface area contributed by atoms with E-state index in [1.807, 2.05) is 30.3 Å². The summed E-state index contributed by atoms with van der Waals surface area (Å²) in [6, 6.07) is 12.8. The Bertz CT molecular complexity index is 1190. The topological polar surface area (TPSA) is 160 Å². The van der Waals surface area contributed by atoms with E-state index in [2.05, 4.69) is 37.6 Å². The maximum atomic E-state index is 12.1. The highest BCUT2D eigenvalue weighted by Crippen LogP contribution is 2.32. The van der Waals surface area contributed by atoms with Crippen LogP contribution >= 0.6 is 0 Å². The van der Waals surface area contributed by atoms with Gasteiger partial charge >= 0.3 is 0 Å². The van der Waals surface area contributed by atoms with Gasteiger partial charge in [-0.1, -0.05) is 30.3 Å². The van der Waals surface area contributed by atoms with Crippen LogP contribution in [0, 0.1) is 12.0 Å². The number of hydrogen-bond acceptors (Lipinski definition) is 9. The number of aromatic nitrogens is 4. The Balaban J connectivity index is 1.51. The normalized spacial score (nSPS) is 22.0. The van der Waals surface area contributed by atoms with Gasteiger partial charge in [0.25, 0.3) is 5.91 Å². The Morgan fingerprint density at radius 2 is 2.03 bits per heavy atom. The van der Waals surface area contributed by atoms with Crippen molar-refractivity contribution in [1.82, 2.24) is 30.2 Å². The molecule has 4 rings (SSSR count). The van der Waals surface area contributed by atoms with Gasteiger partial charge in [0, 0.05) is 19.1 Å². The first-order valence-corrected chi connectivity index (χ1v) is 10.6. The van der Waals surface area contributed by atoms with E-state index in [4.69, 9.17) is 10.5 Å². The zero-order valence-corrected chi connectivity index (χ0v) is 18.0. The summed E-state index contributed by atoms with van der Waals surface area (Å²) in [5, 5.41) is 26.4. The molecule has 1 amide bonds. The Morgan fingerprint density at radius 1 is 1.24 bits per heavy atom. The number of amides is 1. The monoisotopic (exact) mass is 451 g/mol. The Labute approximate surface area is 190 Å². The molecular formula is C22H25N7O4. The van der Waals surface area contributed by atoms with Gasteiger partial charge in [-0.3, -0.25) is 9.36 Å². The van der Waals surface area contributed by atoms with Crippen LogP contribution < -0.4 is 16.4 Å². The number of aliphatic hydroxyl groups is 2. The van der Waals surface area contributed by atoms with Gasteiger partial charge in [0.05, 0.1) is 6.33 Å². The lowest BCUT2D eigenvalue weighted by molar-refractivity contribution is -0.137. The average Bonchev–Trinajstić information content (AvgIpc) is 3.36. The molecule has 1 aliphatic heterocycles. The van der Waals surface area contributed by atoms with E-state index >= 15 is 0 Å². The van der Waals surface area contributed by atoms with E-state index in [1.165, 1.54) is 16.5 Å². The number of anilines is 1. The van der Waals surface area contributed by atoms with Crippen LogP contribution in [0.5, 0.6) is 0 Å². The standard InChI is InChI=1S/C22H25N7O4/c1-2-25-21(32)18-16(30)17(31)22(33-18)29-12-26-15-19(23)27-14(28-20(15)29)9-11-24-10-8-13-6-4-3-5-7-13/h3-7,12,16-18,22,24,30-31H,2,8,10H2,1H3,(H,25,32)(H2,23,27,28)/t16-,17+,18-,22?/m0/s1. The second-order valence-corrected chi connectivity index (χ2v) is 7.49. The van der Waals surface area contributed by atoms with E-state index < -0.39 is 30.4 Å². The van der Waals surface area contributed by atoms with Gasteiger partial charge in [0.1, 0.15) is 17.7 Å². The third-order valence-corrected chi connectivity index (χ3v) is 5.21. The number of nitrogens with zero attached hydrogens (tertiary/aromatic N) is 4. The van der Waals surface area contributed by atoms with E-state index in [0.717, 1.165) is 6.42 Å². The molecule has 6 N–H and O–H groups in total. The molecule has 2 aromatic heterocycles. The van der Waals surface area contributed by atoms with Crippen molar-refractivity contribution in [2.24, 2.45) is 0 Å². The van der Waals surface area contributed by atoms with E-state index in [-0.39, 0.29) is 17.3 Å². The number of carbonyl (C=O) groups is 1. The number of benzene rings is 1. The molecule has 1 aromatic carbocycles. The van der Waals surface area contributed by atoms with Gasteiger partial charge in [-0.25, -0.2) is 15.0 Å². The minimum absolute atomic E-state index is 0.112. The number of nitrogen functional groups attached to an aromatic ring is 1. The summed E-state index contributed by atoms with van der Waals surface area (Å²) in [6.45, 7) is 2.76. The number of fused-ring (bicyclic) bond motifs is 1. The summed E-state index contributed by atoms with van der Waals surface area (Å²) in [7, 11) is 0. The third kappa shape index (κ3) is 4.73. The highest BCUT2D eigenvalue weighted by atomic mass is 16.6. The van der Waals surface area contributed by atoms with Crippen LogP contribution in [0.4, 0.5) is 5.82 Å². The van der Waals surface area contributed by atoms with Crippen molar-refractivity contribution in [3.8, 4) is 12.0 Å². The van der Waals surface area contributed by atoms with E-state index in [1.54, 1.807) is 6.92 Å². The van der Waals surface area contributed by atoms with Crippen molar-refractivity contribution < 1.29 is 19.7 Å². The van der Waals surface area contributed by atoms with Crippen LogP contribution in [0.25, 0.3) is 11.2 Å². The zero-order chi connectivity index (χ0) is 23.4. The second-order valence-electron chi connectivity index (χ2n) is 7.49. The fraction of sp³-hybridized carbons (Fsp3) is 0.364. The molecule has 4 atom stereocenters. The van der Waals surface area contributed by atoms with Crippen LogP contribution in [0.2, 0.25) is 0 Å². The molecule has 33 heavy (non-hydrogen) atoms. The lowest BCUT2D eigenvalue weighted by Crippen LogP contribution is -2.42. The Morgan fingerprint density at radius 3 is 2.79 bits per heavy atom. The summed E-state index contributed by atoms with van der Waals surface area (Å²) >= 11 is 0. The summed E-state index contributed by atoms with van der Waals surface area (Å²) in [5.74, 6) is 2.57. The SMILES string of the molecule is CCNC(=O)[C@H]1OC(n2cnc3c(N)nc(C#CNCCc4ccccc4)nc32)[C@H](O)[C@@H]1O. The maximum Gasteiger partial charge on any atom is 0.252 e. The molecule has 1 aliphatic rings. The summed E-state index contributed by atoms with van der Waals surface area (Å²) in [5.41, 5.74) is 7.78. The Kier molecular flexibility index (Phi) is 6.69. The number of likely N-dealkylation sites (N-methyl/N-ethyl adjacent to an activating group) is 1. The number of nitrogens with one attached hydrogen (secondary N) is 2. The number of imidazole rings is 1. The van der Waals surface area contributed by atoms with Crippen molar-refractivity contribution in [2.45, 2.75) is 37.9 Å².